The zero-order valence-corrected chi connectivity index (χ0v) is 9.73. The van der Waals surface area contributed by atoms with Gasteiger partial charge in [0.1, 0.15) is 10.6 Å². The van der Waals surface area contributed by atoms with Crippen LogP contribution >= 0.6 is 10.7 Å². The second-order valence-electron chi connectivity index (χ2n) is 3.69. The van der Waals surface area contributed by atoms with E-state index in [1.807, 2.05) is 6.07 Å². The molecule has 0 atom stereocenters. The largest absolute Gasteiger partial charge is 0.493 e. The summed E-state index contributed by atoms with van der Waals surface area (Å²) in [5, 5.41) is 0.579. The van der Waals surface area contributed by atoms with Crippen LogP contribution in [0, 0.1) is 0 Å². The van der Waals surface area contributed by atoms with Gasteiger partial charge in [-0.05, 0) is 17.7 Å². The van der Waals surface area contributed by atoms with Gasteiger partial charge in [0.05, 0.1) is 6.61 Å². The number of ether oxygens (including phenoxy) is 1. The van der Waals surface area contributed by atoms with E-state index in [-0.39, 0.29) is 4.90 Å². The van der Waals surface area contributed by atoms with Gasteiger partial charge in [0.15, 0.2) is 0 Å². The second-order valence-corrected chi connectivity index (χ2v) is 6.23. The maximum absolute atomic E-state index is 11.3. The Bertz CT molecular complexity index is 675. The molecular formula is C10H8ClNO3S. The summed E-state index contributed by atoms with van der Waals surface area (Å²) in [7, 11) is 1.62. The van der Waals surface area contributed by atoms with E-state index in [4.69, 9.17) is 15.4 Å². The average Bonchev–Trinajstić information content (AvgIpc) is 2.76. The first-order valence-electron chi connectivity index (χ1n) is 4.77. The maximum Gasteiger partial charge on any atom is 0.263 e. The highest BCUT2D eigenvalue weighted by Crippen LogP contribution is 2.34. The van der Waals surface area contributed by atoms with Gasteiger partial charge in [0.25, 0.3) is 9.05 Å². The minimum atomic E-state index is -3.72. The summed E-state index contributed by atoms with van der Waals surface area (Å²) in [6.07, 6.45) is 2.26. The molecule has 1 aliphatic rings. The number of aromatic nitrogens is 1. The molecule has 1 aliphatic heterocycles. The van der Waals surface area contributed by atoms with Gasteiger partial charge in [-0.2, -0.15) is 0 Å². The molecule has 3 rings (SSSR count). The van der Waals surface area contributed by atoms with Gasteiger partial charge >= 0.3 is 0 Å². The first-order chi connectivity index (χ1) is 7.55. The first kappa shape index (κ1) is 9.99. The lowest BCUT2D eigenvalue weighted by Gasteiger charge is -1.99. The van der Waals surface area contributed by atoms with E-state index in [1.165, 1.54) is 6.20 Å². The molecule has 6 heteroatoms. The number of benzene rings is 1. The van der Waals surface area contributed by atoms with Crippen molar-refractivity contribution >= 4 is 30.6 Å². The summed E-state index contributed by atoms with van der Waals surface area (Å²) in [5.41, 5.74) is 1.86. The Balaban J connectivity index is 2.35. The number of rotatable bonds is 1. The molecule has 0 aliphatic carbocycles. The van der Waals surface area contributed by atoms with Gasteiger partial charge in [-0.15, -0.1) is 0 Å². The predicted molar refractivity (Wildman–Crippen MR) is 60.5 cm³/mol. The van der Waals surface area contributed by atoms with E-state index >= 15 is 0 Å². The lowest BCUT2D eigenvalue weighted by Crippen LogP contribution is -1.88. The van der Waals surface area contributed by atoms with Crippen LogP contribution < -0.4 is 4.74 Å². The summed E-state index contributed by atoms with van der Waals surface area (Å²) in [6, 6.07) is 3.63. The molecule has 0 bridgehead atoms. The van der Waals surface area contributed by atoms with Crippen LogP contribution in [0.1, 0.15) is 5.56 Å². The Morgan fingerprint density at radius 3 is 2.94 bits per heavy atom. The molecule has 1 aromatic heterocycles. The van der Waals surface area contributed by atoms with Gasteiger partial charge < -0.3 is 9.72 Å². The molecule has 1 N–H and O–H groups in total. The zero-order chi connectivity index (χ0) is 11.3. The molecule has 2 aromatic rings. The Kier molecular flexibility index (Phi) is 1.96. The Hall–Kier alpha value is -1.20. The van der Waals surface area contributed by atoms with Gasteiger partial charge in [0, 0.05) is 34.2 Å². The third-order valence-electron chi connectivity index (χ3n) is 2.72. The Labute approximate surface area is 96.6 Å². The topological polar surface area (TPSA) is 59.2 Å². The van der Waals surface area contributed by atoms with Crippen molar-refractivity contribution in [3.05, 3.63) is 23.9 Å². The number of fused-ring (bicyclic) bond motifs is 2. The van der Waals surface area contributed by atoms with Crippen LogP contribution in [-0.2, 0) is 15.5 Å². The van der Waals surface area contributed by atoms with E-state index < -0.39 is 9.05 Å². The number of halogens is 1. The lowest BCUT2D eigenvalue weighted by atomic mass is 10.1. The van der Waals surface area contributed by atoms with Crippen LogP contribution in [0.25, 0.3) is 10.9 Å². The summed E-state index contributed by atoms with van der Waals surface area (Å²) >= 11 is 0. The molecular weight excluding hydrogens is 250 g/mol. The quantitative estimate of drug-likeness (QED) is 0.796. The third-order valence-corrected chi connectivity index (χ3v) is 4.08. The standard InChI is InChI=1S/C10H8ClNO3S/c11-16(13,14)10-5-12-8-3-6-1-2-15-9(6)4-7(8)10/h3-5,12H,1-2H2. The molecule has 0 fully saturated rings. The Morgan fingerprint density at radius 2 is 2.19 bits per heavy atom. The predicted octanol–water partition coefficient (Wildman–Crippen LogP) is 2.03. The fourth-order valence-corrected chi connectivity index (χ4v) is 2.99. The number of hydrogen-bond acceptors (Lipinski definition) is 3. The number of nitrogens with one attached hydrogen (secondary N) is 1. The van der Waals surface area contributed by atoms with Crippen molar-refractivity contribution in [2.24, 2.45) is 0 Å². The van der Waals surface area contributed by atoms with Crippen LogP contribution in [0.2, 0.25) is 0 Å². The number of H-pyrrole nitrogens is 1. The van der Waals surface area contributed by atoms with Gasteiger partial charge in [0.2, 0.25) is 0 Å². The van der Waals surface area contributed by atoms with Gasteiger partial charge in [-0.1, -0.05) is 0 Å². The van der Waals surface area contributed by atoms with E-state index in [9.17, 15) is 8.42 Å². The monoisotopic (exact) mass is 257 g/mol. The highest BCUT2D eigenvalue weighted by Gasteiger charge is 2.20. The molecule has 0 saturated heterocycles. The molecule has 84 valence electrons. The average molecular weight is 258 g/mol. The molecule has 0 radical (unpaired) electrons. The summed E-state index contributed by atoms with van der Waals surface area (Å²) in [4.78, 5) is 3.00. The summed E-state index contributed by atoms with van der Waals surface area (Å²) in [6.45, 7) is 0.644. The van der Waals surface area contributed by atoms with E-state index in [0.29, 0.717) is 12.0 Å². The molecule has 2 heterocycles. The van der Waals surface area contributed by atoms with Crippen LogP contribution in [-0.4, -0.2) is 20.0 Å². The number of hydrogen-bond donors (Lipinski definition) is 1. The van der Waals surface area contributed by atoms with E-state index in [0.717, 1.165) is 23.3 Å². The van der Waals surface area contributed by atoms with Crippen LogP contribution in [0.5, 0.6) is 5.75 Å². The summed E-state index contributed by atoms with van der Waals surface area (Å²) < 4.78 is 28.0. The van der Waals surface area contributed by atoms with E-state index in [2.05, 4.69) is 4.98 Å². The minimum Gasteiger partial charge on any atom is -0.493 e. The normalized spacial score (nSPS) is 15.1. The third kappa shape index (κ3) is 1.39. The fraction of sp³-hybridized carbons (Fsp3) is 0.200. The molecule has 0 spiro atoms. The fourth-order valence-electron chi connectivity index (χ4n) is 1.97. The van der Waals surface area contributed by atoms with Crippen molar-refractivity contribution in [3.63, 3.8) is 0 Å². The first-order valence-corrected chi connectivity index (χ1v) is 7.08. The van der Waals surface area contributed by atoms with Crippen LogP contribution in [0.4, 0.5) is 0 Å². The molecule has 0 saturated carbocycles. The van der Waals surface area contributed by atoms with Crippen LogP contribution in [0.15, 0.2) is 23.2 Å². The molecule has 0 amide bonds. The maximum atomic E-state index is 11.3. The van der Waals surface area contributed by atoms with Crippen molar-refractivity contribution in [3.8, 4) is 5.75 Å². The van der Waals surface area contributed by atoms with Gasteiger partial charge in [-0.3, -0.25) is 0 Å². The van der Waals surface area contributed by atoms with Crippen LogP contribution in [0.3, 0.4) is 0 Å². The molecule has 16 heavy (non-hydrogen) atoms. The molecule has 4 nitrogen and oxygen atoms in total. The van der Waals surface area contributed by atoms with Gasteiger partial charge in [-0.25, -0.2) is 8.42 Å². The Morgan fingerprint density at radius 1 is 1.38 bits per heavy atom. The van der Waals surface area contributed by atoms with Crippen molar-refractivity contribution < 1.29 is 13.2 Å². The smallest absolute Gasteiger partial charge is 0.263 e. The lowest BCUT2D eigenvalue weighted by molar-refractivity contribution is 0.357. The number of aromatic amines is 1. The SMILES string of the molecule is O=S(=O)(Cl)c1c[nH]c2cc3c(cc12)OCC3. The zero-order valence-electron chi connectivity index (χ0n) is 8.16. The minimum absolute atomic E-state index is 0.0995. The van der Waals surface area contributed by atoms with Crippen molar-refractivity contribution in [2.45, 2.75) is 11.3 Å². The van der Waals surface area contributed by atoms with Crippen molar-refractivity contribution in [1.29, 1.82) is 0 Å². The summed E-state index contributed by atoms with van der Waals surface area (Å²) in [5.74, 6) is 0.744. The highest BCUT2D eigenvalue weighted by atomic mass is 35.7. The molecule has 0 unspecified atom stereocenters. The van der Waals surface area contributed by atoms with Crippen molar-refractivity contribution in [1.82, 2.24) is 4.98 Å². The second kappa shape index (κ2) is 3.15. The highest BCUT2D eigenvalue weighted by molar-refractivity contribution is 8.14. The molecule has 1 aromatic carbocycles. The van der Waals surface area contributed by atoms with E-state index in [1.54, 1.807) is 6.07 Å². The van der Waals surface area contributed by atoms with Crippen molar-refractivity contribution in [2.75, 3.05) is 6.61 Å².